The van der Waals surface area contributed by atoms with E-state index in [9.17, 15) is 13.6 Å². The molecule has 0 bridgehead atoms. The van der Waals surface area contributed by atoms with E-state index in [1.165, 1.54) is 30.1 Å². The second kappa shape index (κ2) is 10.1. The van der Waals surface area contributed by atoms with Crippen LogP contribution in [0.5, 0.6) is 5.75 Å². The van der Waals surface area contributed by atoms with Crippen molar-refractivity contribution in [1.82, 2.24) is 19.5 Å². The van der Waals surface area contributed by atoms with Crippen LogP contribution in [0.1, 0.15) is 17.0 Å². The SMILES string of the molecule is COc1ccc(C(=N)c2c(N)ncnc2NCc2nc3ccccc3c(=O)n2-c2ccccc2)c(F)c1F. The molecule has 2 aromatic heterocycles. The van der Waals surface area contributed by atoms with Crippen LogP contribution in [0.25, 0.3) is 16.6 Å². The summed E-state index contributed by atoms with van der Waals surface area (Å²) in [6.07, 6.45) is 1.18. The molecule has 5 aromatic rings. The Morgan fingerprint density at radius 2 is 1.76 bits per heavy atom. The lowest BCUT2D eigenvalue weighted by Gasteiger charge is -2.17. The van der Waals surface area contributed by atoms with Gasteiger partial charge in [-0.15, -0.1) is 0 Å². The van der Waals surface area contributed by atoms with Gasteiger partial charge < -0.3 is 15.8 Å². The lowest BCUT2D eigenvalue weighted by Crippen LogP contribution is -2.26. The minimum Gasteiger partial charge on any atom is -0.494 e. The highest BCUT2D eigenvalue weighted by Crippen LogP contribution is 2.28. The molecule has 0 fully saturated rings. The topological polar surface area (TPSA) is 132 Å². The zero-order valence-corrected chi connectivity index (χ0v) is 20.1. The van der Waals surface area contributed by atoms with Crippen LogP contribution >= 0.6 is 0 Å². The summed E-state index contributed by atoms with van der Waals surface area (Å²) in [6.45, 7) is -0.00877. The fraction of sp³-hybridized carbons (Fsp3) is 0.0741. The van der Waals surface area contributed by atoms with Crippen molar-refractivity contribution in [3.63, 3.8) is 0 Å². The van der Waals surface area contributed by atoms with Gasteiger partial charge >= 0.3 is 0 Å². The normalized spacial score (nSPS) is 10.9. The van der Waals surface area contributed by atoms with Gasteiger partial charge in [-0.25, -0.2) is 19.3 Å². The zero-order valence-electron chi connectivity index (χ0n) is 20.1. The molecular weight excluding hydrogens is 492 g/mol. The molecule has 0 unspecified atom stereocenters. The molecule has 0 saturated heterocycles. The van der Waals surface area contributed by atoms with E-state index in [0.717, 1.165) is 0 Å². The van der Waals surface area contributed by atoms with Crippen LogP contribution in [0, 0.1) is 17.0 Å². The smallest absolute Gasteiger partial charge is 0.266 e. The Labute approximate surface area is 215 Å². The molecule has 0 amide bonds. The van der Waals surface area contributed by atoms with Crippen molar-refractivity contribution in [2.45, 2.75) is 6.54 Å². The van der Waals surface area contributed by atoms with Gasteiger partial charge in [-0.2, -0.15) is 4.39 Å². The average Bonchev–Trinajstić information content (AvgIpc) is 2.93. The molecule has 0 atom stereocenters. The number of nitrogen functional groups attached to an aromatic ring is 1. The third-order valence-electron chi connectivity index (χ3n) is 5.94. The van der Waals surface area contributed by atoms with Crippen LogP contribution in [0.2, 0.25) is 0 Å². The molecule has 3 aromatic carbocycles. The number of nitrogens with one attached hydrogen (secondary N) is 2. The number of methoxy groups -OCH3 is 1. The van der Waals surface area contributed by atoms with Crippen LogP contribution in [-0.2, 0) is 6.54 Å². The highest BCUT2D eigenvalue weighted by molar-refractivity contribution is 6.16. The summed E-state index contributed by atoms with van der Waals surface area (Å²) >= 11 is 0. The number of hydrogen-bond donors (Lipinski definition) is 3. The molecule has 38 heavy (non-hydrogen) atoms. The van der Waals surface area contributed by atoms with Gasteiger partial charge in [0.1, 0.15) is 23.8 Å². The Hall–Kier alpha value is -5.19. The Bertz CT molecular complexity index is 1740. The summed E-state index contributed by atoms with van der Waals surface area (Å²) < 4.78 is 35.4. The van der Waals surface area contributed by atoms with E-state index in [-0.39, 0.29) is 40.6 Å². The predicted molar refractivity (Wildman–Crippen MR) is 140 cm³/mol. The minimum atomic E-state index is -1.27. The number of hydrogen-bond acceptors (Lipinski definition) is 8. The van der Waals surface area contributed by atoms with Gasteiger partial charge in [0, 0.05) is 5.56 Å². The fourth-order valence-electron chi connectivity index (χ4n) is 4.10. The first-order valence-corrected chi connectivity index (χ1v) is 11.4. The highest BCUT2D eigenvalue weighted by Gasteiger charge is 2.23. The summed E-state index contributed by atoms with van der Waals surface area (Å²) in [7, 11) is 1.21. The number of halogens is 2. The Balaban J connectivity index is 1.57. The maximum Gasteiger partial charge on any atom is 0.266 e. The number of aromatic nitrogens is 4. The minimum absolute atomic E-state index is 0.00877. The third kappa shape index (κ3) is 4.30. The van der Waals surface area contributed by atoms with Crippen LogP contribution in [0.4, 0.5) is 20.4 Å². The van der Waals surface area contributed by atoms with E-state index in [0.29, 0.717) is 22.4 Å². The van der Waals surface area contributed by atoms with E-state index in [1.807, 2.05) is 6.07 Å². The molecule has 4 N–H and O–H groups in total. The standard InChI is InChI=1S/C27H21F2N7O2/c1-38-19-12-11-17(22(28)23(19)29)24(30)21-25(31)33-14-34-26(21)32-13-20-35-18-10-6-5-9-16(18)27(37)36(20)15-7-3-2-4-8-15/h2-12,14,30H,13H2,1H3,(H3,31,32,33,34). The third-order valence-corrected chi connectivity index (χ3v) is 5.94. The number of nitrogens with zero attached hydrogens (tertiary/aromatic N) is 4. The van der Waals surface area contributed by atoms with Gasteiger partial charge in [-0.3, -0.25) is 14.8 Å². The van der Waals surface area contributed by atoms with Crippen LogP contribution in [-0.4, -0.2) is 32.3 Å². The number of para-hydroxylation sites is 2. The highest BCUT2D eigenvalue weighted by atomic mass is 19.2. The largest absolute Gasteiger partial charge is 0.494 e. The molecule has 0 saturated carbocycles. The maximum atomic E-state index is 14.8. The molecule has 5 rings (SSSR count). The molecule has 0 aliphatic heterocycles. The molecule has 11 heteroatoms. The predicted octanol–water partition coefficient (Wildman–Crippen LogP) is 4.07. The summed E-state index contributed by atoms with van der Waals surface area (Å²) in [4.78, 5) is 26.2. The summed E-state index contributed by atoms with van der Waals surface area (Å²) in [5, 5.41) is 12.1. The molecule has 190 valence electrons. The Morgan fingerprint density at radius 1 is 1.03 bits per heavy atom. The van der Waals surface area contributed by atoms with Crippen molar-refractivity contribution < 1.29 is 13.5 Å². The molecule has 0 spiro atoms. The van der Waals surface area contributed by atoms with Crippen LogP contribution in [0.3, 0.4) is 0 Å². The van der Waals surface area contributed by atoms with Gasteiger partial charge in [-0.05, 0) is 36.4 Å². The van der Waals surface area contributed by atoms with Gasteiger partial charge in [0.05, 0.1) is 41.5 Å². The van der Waals surface area contributed by atoms with Crippen molar-refractivity contribution in [2.24, 2.45) is 0 Å². The number of rotatable bonds is 7. The zero-order chi connectivity index (χ0) is 26.8. The number of ether oxygens (including phenoxy) is 1. The quantitative estimate of drug-likeness (QED) is 0.280. The maximum absolute atomic E-state index is 14.8. The molecule has 9 nitrogen and oxygen atoms in total. The number of fused-ring (bicyclic) bond motifs is 1. The number of nitrogens with two attached hydrogens (primary N) is 1. The van der Waals surface area contributed by atoms with Crippen LogP contribution in [0.15, 0.2) is 77.9 Å². The second-order valence-electron chi connectivity index (χ2n) is 8.18. The van der Waals surface area contributed by atoms with E-state index >= 15 is 0 Å². The van der Waals surface area contributed by atoms with Crippen molar-refractivity contribution in [1.29, 1.82) is 5.41 Å². The first kappa shape index (κ1) is 24.5. The molecule has 2 heterocycles. The molecule has 0 radical (unpaired) electrons. The lowest BCUT2D eigenvalue weighted by atomic mass is 10.0. The first-order chi connectivity index (χ1) is 18.4. The van der Waals surface area contributed by atoms with E-state index in [1.54, 1.807) is 48.5 Å². The monoisotopic (exact) mass is 513 g/mol. The van der Waals surface area contributed by atoms with E-state index < -0.39 is 17.3 Å². The summed E-state index contributed by atoms with van der Waals surface area (Å²) in [6, 6.07) is 18.4. The molecular formula is C27H21F2N7O2. The average molecular weight is 514 g/mol. The fourth-order valence-corrected chi connectivity index (χ4v) is 4.10. The van der Waals surface area contributed by atoms with Gasteiger partial charge in [0.25, 0.3) is 5.56 Å². The van der Waals surface area contributed by atoms with Crippen molar-refractivity contribution in [2.75, 3.05) is 18.2 Å². The Morgan fingerprint density at radius 3 is 2.53 bits per heavy atom. The van der Waals surface area contributed by atoms with Gasteiger partial charge in [0.15, 0.2) is 11.6 Å². The molecule has 0 aliphatic carbocycles. The van der Waals surface area contributed by atoms with Gasteiger partial charge in [0.2, 0.25) is 5.82 Å². The summed E-state index contributed by atoms with van der Waals surface area (Å²) in [5.41, 5.74) is 6.09. The van der Waals surface area contributed by atoms with E-state index in [2.05, 4.69) is 20.3 Å². The Kier molecular flexibility index (Phi) is 6.48. The van der Waals surface area contributed by atoms with Crippen LogP contribution < -0.4 is 21.3 Å². The van der Waals surface area contributed by atoms with Crippen molar-refractivity contribution in [3.05, 3.63) is 112 Å². The van der Waals surface area contributed by atoms with Crippen molar-refractivity contribution >= 4 is 28.3 Å². The number of benzene rings is 3. The number of anilines is 2. The summed E-state index contributed by atoms with van der Waals surface area (Å²) in [5.74, 6) is -2.47. The lowest BCUT2D eigenvalue weighted by molar-refractivity contribution is 0.371. The molecule has 0 aliphatic rings. The first-order valence-electron chi connectivity index (χ1n) is 11.4. The van der Waals surface area contributed by atoms with Crippen molar-refractivity contribution in [3.8, 4) is 11.4 Å². The van der Waals surface area contributed by atoms with Gasteiger partial charge in [-0.1, -0.05) is 30.3 Å². The second-order valence-corrected chi connectivity index (χ2v) is 8.18. The van der Waals surface area contributed by atoms with E-state index in [4.69, 9.17) is 15.9 Å².